The minimum atomic E-state index is -0.0766. The fraction of sp³-hybridized carbons (Fsp3) is 0.500. The molecule has 3 saturated carbocycles. The van der Waals surface area contributed by atoms with Crippen LogP contribution in [0, 0.1) is 12.7 Å². The molecule has 0 saturated heterocycles. The lowest BCUT2D eigenvalue weighted by Gasteiger charge is -2.68. The third-order valence-corrected chi connectivity index (χ3v) is 4.76. The molecule has 1 aromatic rings. The van der Waals surface area contributed by atoms with Crippen molar-refractivity contribution in [2.24, 2.45) is 0 Å². The number of hydrogen-bond donors (Lipinski definition) is 0. The standard InChI is InChI=1S/C12H12FI/c1-8-2-9(4-10(13)3-8)11-5-12(14,6-11)7-11/h2-4H,5-7H2,1H3. The van der Waals surface area contributed by atoms with E-state index in [0.29, 0.717) is 8.84 Å². The molecule has 0 radical (unpaired) electrons. The molecule has 1 aromatic carbocycles. The van der Waals surface area contributed by atoms with Crippen LogP contribution in [-0.4, -0.2) is 3.42 Å². The fourth-order valence-electron chi connectivity index (χ4n) is 3.01. The summed E-state index contributed by atoms with van der Waals surface area (Å²) in [6.45, 7) is 1.97. The SMILES string of the molecule is Cc1cc(F)cc(C23CC(I)(C2)C3)c1. The van der Waals surface area contributed by atoms with E-state index < -0.39 is 0 Å². The smallest absolute Gasteiger partial charge is 0.123 e. The van der Waals surface area contributed by atoms with E-state index in [1.54, 1.807) is 12.1 Å². The van der Waals surface area contributed by atoms with E-state index >= 15 is 0 Å². The number of alkyl halides is 1. The van der Waals surface area contributed by atoms with Gasteiger partial charge in [0, 0.05) is 3.42 Å². The van der Waals surface area contributed by atoms with Crippen molar-refractivity contribution in [3.8, 4) is 0 Å². The maximum atomic E-state index is 13.2. The third kappa shape index (κ3) is 1.09. The summed E-state index contributed by atoms with van der Waals surface area (Å²) < 4.78 is 13.8. The minimum absolute atomic E-state index is 0.0766. The van der Waals surface area contributed by atoms with Gasteiger partial charge in [-0.05, 0) is 54.9 Å². The Morgan fingerprint density at radius 1 is 1.21 bits per heavy atom. The second-order valence-corrected chi connectivity index (χ2v) is 7.27. The Hall–Kier alpha value is -0.120. The molecule has 0 spiro atoms. The highest BCUT2D eigenvalue weighted by molar-refractivity contribution is 14.1. The van der Waals surface area contributed by atoms with Crippen molar-refractivity contribution in [2.75, 3.05) is 0 Å². The van der Waals surface area contributed by atoms with Gasteiger partial charge in [0.15, 0.2) is 0 Å². The molecule has 0 N–H and O–H groups in total. The second-order valence-electron chi connectivity index (χ2n) is 4.98. The zero-order chi connectivity index (χ0) is 9.97. The molecular weight excluding hydrogens is 290 g/mol. The Balaban J connectivity index is 1.98. The summed E-state index contributed by atoms with van der Waals surface area (Å²) in [4.78, 5) is 0. The van der Waals surface area contributed by atoms with Crippen molar-refractivity contribution >= 4 is 22.6 Å². The highest BCUT2D eigenvalue weighted by Gasteiger charge is 2.67. The van der Waals surface area contributed by atoms with Crippen LogP contribution >= 0.6 is 22.6 Å². The van der Waals surface area contributed by atoms with Crippen LogP contribution in [0.3, 0.4) is 0 Å². The first-order valence-electron chi connectivity index (χ1n) is 4.98. The molecule has 3 fully saturated rings. The largest absolute Gasteiger partial charge is 0.207 e. The molecule has 0 atom stereocenters. The first kappa shape index (κ1) is 9.13. The van der Waals surface area contributed by atoms with Crippen LogP contribution < -0.4 is 0 Å². The summed E-state index contributed by atoms with van der Waals surface area (Å²) in [6, 6.07) is 5.48. The van der Waals surface area contributed by atoms with Crippen LogP contribution in [0.15, 0.2) is 18.2 Å². The normalized spacial score (nSPS) is 38.8. The Morgan fingerprint density at radius 2 is 1.86 bits per heavy atom. The molecule has 14 heavy (non-hydrogen) atoms. The van der Waals surface area contributed by atoms with E-state index in [0.717, 1.165) is 5.56 Å². The summed E-state index contributed by atoms with van der Waals surface area (Å²) in [6.07, 6.45) is 3.76. The van der Waals surface area contributed by atoms with Gasteiger partial charge in [0.2, 0.25) is 0 Å². The van der Waals surface area contributed by atoms with Crippen LogP contribution in [0.1, 0.15) is 30.4 Å². The van der Waals surface area contributed by atoms with Gasteiger partial charge < -0.3 is 0 Å². The molecule has 3 aliphatic carbocycles. The molecule has 0 aromatic heterocycles. The van der Waals surface area contributed by atoms with E-state index in [4.69, 9.17) is 0 Å². The maximum Gasteiger partial charge on any atom is 0.123 e. The molecule has 0 nitrogen and oxygen atoms in total. The van der Waals surface area contributed by atoms with E-state index in [1.165, 1.54) is 24.8 Å². The van der Waals surface area contributed by atoms with Crippen LogP contribution in [0.5, 0.6) is 0 Å². The van der Waals surface area contributed by atoms with Crippen molar-refractivity contribution in [1.29, 1.82) is 0 Å². The Bertz CT molecular complexity index is 371. The van der Waals surface area contributed by atoms with Crippen molar-refractivity contribution in [1.82, 2.24) is 0 Å². The lowest BCUT2D eigenvalue weighted by atomic mass is 9.42. The van der Waals surface area contributed by atoms with Gasteiger partial charge >= 0.3 is 0 Å². The van der Waals surface area contributed by atoms with E-state index in [-0.39, 0.29) is 5.82 Å². The molecule has 2 bridgehead atoms. The summed E-state index contributed by atoms with van der Waals surface area (Å²) in [5.41, 5.74) is 2.63. The Morgan fingerprint density at radius 3 is 2.36 bits per heavy atom. The number of aryl methyl sites for hydroxylation is 1. The van der Waals surface area contributed by atoms with Crippen LogP contribution in [-0.2, 0) is 5.41 Å². The zero-order valence-corrected chi connectivity index (χ0v) is 10.3. The first-order chi connectivity index (χ1) is 6.51. The zero-order valence-electron chi connectivity index (χ0n) is 8.11. The van der Waals surface area contributed by atoms with E-state index in [1.807, 2.05) is 6.92 Å². The maximum absolute atomic E-state index is 13.2. The molecule has 74 valence electrons. The Labute approximate surface area is 97.0 Å². The van der Waals surface area contributed by atoms with Gasteiger partial charge in [-0.15, -0.1) is 0 Å². The molecule has 0 amide bonds. The lowest BCUT2D eigenvalue weighted by molar-refractivity contribution is 0.0217. The van der Waals surface area contributed by atoms with E-state index in [9.17, 15) is 4.39 Å². The van der Waals surface area contributed by atoms with Gasteiger partial charge in [0.1, 0.15) is 5.82 Å². The molecule has 2 heteroatoms. The van der Waals surface area contributed by atoms with Crippen LogP contribution in [0.2, 0.25) is 0 Å². The number of hydrogen-bond acceptors (Lipinski definition) is 0. The van der Waals surface area contributed by atoms with Gasteiger partial charge in [-0.3, -0.25) is 0 Å². The summed E-state index contributed by atoms with van der Waals surface area (Å²) in [7, 11) is 0. The predicted octanol–water partition coefficient (Wildman–Crippen LogP) is 3.74. The van der Waals surface area contributed by atoms with Crippen molar-refractivity contribution in [2.45, 2.75) is 35.0 Å². The molecular formula is C12H12FI. The fourth-order valence-corrected chi connectivity index (χ4v) is 5.20. The van der Waals surface area contributed by atoms with Crippen molar-refractivity contribution in [3.05, 3.63) is 35.1 Å². The average molecular weight is 302 g/mol. The van der Waals surface area contributed by atoms with Gasteiger partial charge in [0.05, 0.1) is 0 Å². The monoisotopic (exact) mass is 302 g/mol. The molecule has 0 aliphatic heterocycles. The van der Waals surface area contributed by atoms with Crippen LogP contribution in [0.4, 0.5) is 4.39 Å². The third-order valence-electron chi connectivity index (χ3n) is 3.62. The van der Waals surface area contributed by atoms with Gasteiger partial charge in [-0.25, -0.2) is 4.39 Å². The topological polar surface area (TPSA) is 0 Å². The number of benzene rings is 1. The van der Waals surface area contributed by atoms with Crippen molar-refractivity contribution in [3.63, 3.8) is 0 Å². The quantitative estimate of drug-likeness (QED) is 0.547. The highest BCUT2D eigenvalue weighted by atomic mass is 127. The van der Waals surface area contributed by atoms with Crippen LogP contribution in [0.25, 0.3) is 0 Å². The van der Waals surface area contributed by atoms with E-state index in [2.05, 4.69) is 28.7 Å². The second kappa shape index (κ2) is 2.52. The summed E-state index contributed by atoms with van der Waals surface area (Å²) in [5, 5.41) is 0. The van der Waals surface area contributed by atoms with Gasteiger partial charge in [0.25, 0.3) is 0 Å². The molecule has 0 heterocycles. The predicted molar refractivity (Wildman–Crippen MR) is 63.4 cm³/mol. The first-order valence-corrected chi connectivity index (χ1v) is 6.06. The Kier molecular flexibility index (Phi) is 1.64. The summed E-state index contributed by atoms with van der Waals surface area (Å²) in [5.74, 6) is -0.0766. The lowest BCUT2D eigenvalue weighted by Crippen LogP contribution is -2.65. The average Bonchev–Trinajstić information content (AvgIpc) is 1.94. The molecule has 4 rings (SSSR count). The van der Waals surface area contributed by atoms with Crippen molar-refractivity contribution < 1.29 is 4.39 Å². The number of halogens is 2. The molecule has 3 aliphatic rings. The minimum Gasteiger partial charge on any atom is -0.207 e. The summed E-state index contributed by atoms with van der Waals surface area (Å²) >= 11 is 2.55. The molecule has 0 unspecified atom stereocenters. The van der Waals surface area contributed by atoms with Gasteiger partial charge in [-0.1, -0.05) is 28.7 Å². The highest BCUT2D eigenvalue weighted by Crippen LogP contribution is 2.72. The van der Waals surface area contributed by atoms with Gasteiger partial charge in [-0.2, -0.15) is 0 Å². The number of rotatable bonds is 1.